The van der Waals surface area contributed by atoms with Gasteiger partial charge in [-0.25, -0.2) is 0 Å². The molecule has 0 spiro atoms. The molecule has 4 heteroatoms. The van der Waals surface area contributed by atoms with Crippen LogP contribution in [-0.2, 0) is 0 Å². The molecule has 0 radical (unpaired) electrons. The molecule has 0 unspecified atom stereocenters. The molecule has 2 nitrogen and oxygen atoms in total. The van der Waals surface area contributed by atoms with Crippen molar-refractivity contribution in [3.05, 3.63) is 127 Å². The summed E-state index contributed by atoms with van der Waals surface area (Å²) in [5, 5.41) is -0.807. The van der Waals surface area contributed by atoms with Crippen LogP contribution in [0.3, 0.4) is 0 Å². The van der Waals surface area contributed by atoms with Crippen molar-refractivity contribution >= 4 is 37.2 Å². The first kappa shape index (κ1) is 22.5. The molecule has 0 aliphatic carbocycles. The number of ketones is 1. The molecule has 4 aromatic rings. The Morgan fingerprint density at radius 1 is 0.656 bits per heavy atom. The zero-order valence-corrected chi connectivity index (χ0v) is 20.3. The van der Waals surface area contributed by atoms with E-state index in [0.29, 0.717) is 18.9 Å². The van der Waals surface area contributed by atoms with Crippen LogP contribution in [0.25, 0.3) is 0 Å². The first-order chi connectivity index (χ1) is 15.6. The summed E-state index contributed by atoms with van der Waals surface area (Å²) in [5.74, 6) is 0.966. The Morgan fingerprint density at radius 3 is 1.59 bits per heavy atom. The number of Topliss-reactive ketones (excluding diaryl/α,β-unsaturated/α-hetero) is 1. The van der Waals surface area contributed by atoms with E-state index in [1.165, 1.54) is 0 Å². The van der Waals surface area contributed by atoms with Gasteiger partial charge >= 0.3 is 198 Å². The van der Waals surface area contributed by atoms with Crippen LogP contribution in [0.15, 0.2) is 121 Å². The standard InChI is InChI=1S/C28H26BrO2P/c29-32(26-17-9-3-10-18-26,27-19-11-4-12-20-27,22-21-31-25-15-7-2-8-16-25)23-28(30)24-13-5-1-6-14-24/h1-20H,21-23H2. The Bertz CT molecular complexity index is 1110. The molecular weight excluding hydrogens is 479 g/mol. The van der Waals surface area contributed by atoms with E-state index in [-0.39, 0.29) is 5.78 Å². The molecule has 4 rings (SSSR count). The summed E-state index contributed by atoms with van der Waals surface area (Å²) < 4.78 is 6.15. The van der Waals surface area contributed by atoms with Crippen LogP contribution in [0.1, 0.15) is 10.4 Å². The van der Waals surface area contributed by atoms with Gasteiger partial charge in [0.15, 0.2) is 0 Å². The number of ether oxygens (including phenoxy) is 1. The normalized spacial score (nSPS) is 12.5. The van der Waals surface area contributed by atoms with Gasteiger partial charge < -0.3 is 0 Å². The third-order valence-electron chi connectivity index (χ3n) is 5.83. The van der Waals surface area contributed by atoms with Gasteiger partial charge in [0.2, 0.25) is 0 Å². The molecule has 0 heterocycles. The number of carbonyl (C=O) groups excluding carboxylic acids is 1. The third-order valence-corrected chi connectivity index (χ3v) is 15.1. The second-order valence-corrected chi connectivity index (χ2v) is 17.6. The van der Waals surface area contributed by atoms with Gasteiger partial charge in [0.05, 0.1) is 0 Å². The fourth-order valence-corrected chi connectivity index (χ4v) is 10.9. The first-order valence-corrected chi connectivity index (χ1v) is 15.3. The molecule has 32 heavy (non-hydrogen) atoms. The number of benzene rings is 4. The zero-order valence-electron chi connectivity index (χ0n) is 17.8. The molecule has 0 atom stereocenters. The second-order valence-electron chi connectivity index (χ2n) is 7.88. The van der Waals surface area contributed by atoms with Crippen LogP contribution in [0, 0.1) is 0 Å². The van der Waals surface area contributed by atoms with E-state index in [0.717, 1.165) is 21.9 Å². The molecule has 0 saturated carbocycles. The van der Waals surface area contributed by atoms with E-state index >= 15 is 0 Å². The van der Waals surface area contributed by atoms with Gasteiger partial charge in [0.25, 0.3) is 0 Å². The fourth-order valence-electron chi connectivity index (χ4n) is 4.09. The molecule has 0 N–H and O–H groups in total. The van der Waals surface area contributed by atoms with Crippen molar-refractivity contribution in [2.24, 2.45) is 0 Å². The monoisotopic (exact) mass is 504 g/mol. The number of rotatable bonds is 9. The average Bonchev–Trinajstić information content (AvgIpc) is 2.86. The van der Waals surface area contributed by atoms with Crippen molar-refractivity contribution in [3.63, 3.8) is 0 Å². The zero-order chi connectivity index (χ0) is 22.3. The Morgan fingerprint density at radius 2 is 1.09 bits per heavy atom. The maximum atomic E-state index is 13.6. The fraction of sp³-hybridized carbons (Fsp3) is 0.107. The van der Waals surface area contributed by atoms with Crippen molar-refractivity contribution < 1.29 is 9.53 Å². The Hall–Kier alpha value is -2.74. The summed E-state index contributed by atoms with van der Waals surface area (Å²) in [4.78, 5) is 13.6. The first-order valence-electron chi connectivity index (χ1n) is 10.7. The van der Waals surface area contributed by atoms with E-state index in [1.807, 2.05) is 97.1 Å². The average molecular weight is 505 g/mol. The van der Waals surface area contributed by atoms with Crippen molar-refractivity contribution in [3.8, 4) is 5.75 Å². The van der Waals surface area contributed by atoms with Crippen molar-refractivity contribution in [2.45, 2.75) is 0 Å². The van der Waals surface area contributed by atoms with Gasteiger partial charge in [-0.05, 0) is 0 Å². The number of hydrogen-bond acceptors (Lipinski definition) is 2. The van der Waals surface area contributed by atoms with Crippen LogP contribution in [0.2, 0.25) is 0 Å². The number of halogens is 1. The van der Waals surface area contributed by atoms with Gasteiger partial charge in [0, 0.05) is 0 Å². The molecule has 4 aromatic carbocycles. The van der Waals surface area contributed by atoms with E-state index in [2.05, 4.69) is 39.8 Å². The topological polar surface area (TPSA) is 26.3 Å². The summed E-state index contributed by atoms with van der Waals surface area (Å²) in [6.07, 6.45) is 1.09. The SMILES string of the molecule is O=C(CP(Br)(CCOc1ccccc1)(c1ccccc1)c1ccccc1)c1ccccc1. The van der Waals surface area contributed by atoms with Gasteiger partial charge in [0.1, 0.15) is 0 Å². The van der Waals surface area contributed by atoms with Crippen molar-refractivity contribution in [2.75, 3.05) is 18.9 Å². The summed E-state index contributed by atoms with van der Waals surface area (Å²) in [5.41, 5.74) is 0.733. The van der Waals surface area contributed by atoms with Gasteiger partial charge in [-0.2, -0.15) is 0 Å². The molecule has 0 aliphatic heterocycles. The minimum atomic E-state index is -3.12. The van der Waals surface area contributed by atoms with E-state index in [4.69, 9.17) is 4.74 Å². The van der Waals surface area contributed by atoms with Crippen LogP contribution >= 0.6 is 20.8 Å². The van der Waals surface area contributed by atoms with Gasteiger partial charge in [-0.3, -0.25) is 0 Å². The van der Waals surface area contributed by atoms with E-state index in [1.54, 1.807) is 0 Å². The molecule has 162 valence electrons. The Kier molecular flexibility index (Phi) is 6.89. The van der Waals surface area contributed by atoms with Crippen LogP contribution in [0.5, 0.6) is 5.75 Å². The Labute approximate surface area is 197 Å². The second kappa shape index (κ2) is 9.81. The molecule has 0 amide bonds. The Balaban J connectivity index is 1.79. The summed E-state index contributed by atoms with van der Waals surface area (Å²) >= 11 is 4.31. The van der Waals surface area contributed by atoms with Crippen molar-refractivity contribution in [1.29, 1.82) is 0 Å². The summed E-state index contributed by atoms with van der Waals surface area (Å²) in [6.45, 7) is 0.499. The van der Waals surface area contributed by atoms with Gasteiger partial charge in [-0.15, -0.1) is 0 Å². The number of carbonyl (C=O) groups is 1. The van der Waals surface area contributed by atoms with E-state index in [9.17, 15) is 4.79 Å². The van der Waals surface area contributed by atoms with Crippen molar-refractivity contribution in [1.82, 2.24) is 0 Å². The predicted octanol–water partition coefficient (Wildman–Crippen LogP) is 6.46. The van der Waals surface area contributed by atoms with Gasteiger partial charge in [-0.1, -0.05) is 0 Å². The summed E-state index contributed by atoms with van der Waals surface area (Å²) in [6, 6.07) is 40.2. The number of hydrogen-bond donors (Lipinski definition) is 0. The maximum absolute atomic E-state index is 13.6. The molecule has 0 saturated heterocycles. The van der Waals surface area contributed by atoms with Crippen LogP contribution in [-0.4, -0.2) is 24.7 Å². The molecule has 0 aromatic heterocycles. The minimum absolute atomic E-state index is 0.132. The molecule has 0 aliphatic rings. The molecule has 0 bridgehead atoms. The van der Waals surface area contributed by atoms with Crippen LogP contribution in [0.4, 0.5) is 0 Å². The summed E-state index contributed by atoms with van der Waals surface area (Å²) in [7, 11) is 0. The van der Waals surface area contributed by atoms with E-state index < -0.39 is 5.31 Å². The van der Waals surface area contributed by atoms with Crippen LogP contribution < -0.4 is 15.3 Å². The molecular formula is C28H26BrO2P. The quantitative estimate of drug-likeness (QED) is 0.193. The molecule has 0 fully saturated rings. The number of para-hydroxylation sites is 1. The predicted molar refractivity (Wildman–Crippen MR) is 140 cm³/mol. The third kappa shape index (κ3) is 4.70.